The number of thiophene rings is 1. The highest BCUT2D eigenvalue weighted by Crippen LogP contribution is 2.51. The number of nitriles is 2. The van der Waals surface area contributed by atoms with Crippen molar-refractivity contribution in [1.82, 2.24) is 14.9 Å². The van der Waals surface area contributed by atoms with Crippen LogP contribution in [0.1, 0.15) is 84.8 Å². The Labute approximate surface area is 348 Å². The third-order valence-corrected chi connectivity index (χ3v) is 18.3. The predicted molar refractivity (Wildman–Crippen MR) is 227 cm³/mol. The fourth-order valence-electron chi connectivity index (χ4n) is 8.32. The number of carbonyl (C=O) groups is 1. The summed E-state index contributed by atoms with van der Waals surface area (Å²) in [5.74, 6) is -0.617. The van der Waals surface area contributed by atoms with Gasteiger partial charge in [0, 0.05) is 54.7 Å². The van der Waals surface area contributed by atoms with Gasteiger partial charge in [0.15, 0.2) is 8.32 Å². The molecule has 2 aromatic heterocycles. The normalized spacial score (nSPS) is 22.3. The lowest BCUT2D eigenvalue weighted by Gasteiger charge is -2.48. The molecule has 16 heteroatoms. The summed E-state index contributed by atoms with van der Waals surface area (Å²) < 4.78 is 48.8. The molecule has 1 amide bonds. The summed E-state index contributed by atoms with van der Waals surface area (Å²) in [6, 6.07) is 7.26. The molecule has 308 valence electrons. The first kappa shape index (κ1) is 42.0. The van der Waals surface area contributed by atoms with Gasteiger partial charge in [0.05, 0.1) is 37.6 Å². The van der Waals surface area contributed by atoms with E-state index in [0.29, 0.717) is 29.6 Å². The van der Waals surface area contributed by atoms with Crippen molar-refractivity contribution >= 4 is 69.0 Å². The molecule has 4 heterocycles. The van der Waals surface area contributed by atoms with E-state index in [4.69, 9.17) is 30.5 Å². The van der Waals surface area contributed by atoms with Gasteiger partial charge in [-0.05, 0) is 82.8 Å². The standard InChI is InChI=1S/C42H50ClF2N7O4SSi/c1-40(2,3)55-39(53)50-37-28(19-47)32-26(11-12-30(45)36(32)57-37)31-27(18-46)34-29(20-48-38(49-34)54-22-42-13-10-14-52(42)21-23(44)17-42)35(33(31)43)51(7)24-15-25(16-24)56-58(8,9)41(4,5)6/h11-12,20,23-25H,10,13-17,21-22H2,1-9H3,(H,50,53)/t23-,24?,25?,42+/m1/s1. The minimum absolute atomic E-state index is 0.00487. The van der Waals surface area contributed by atoms with Gasteiger partial charge in [-0.1, -0.05) is 38.4 Å². The molecule has 0 bridgehead atoms. The molecule has 2 aromatic carbocycles. The number of hydrogen-bond acceptors (Lipinski definition) is 11. The van der Waals surface area contributed by atoms with Crippen molar-refractivity contribution in [2.24, 2.45) is 0 Å². The fraction of sp³-hybridized carbons (Fsp3) is 0.548. The number of hydrogen-bond donors (Lipinski definition) is 1. The van der Waals surface area contributed by atoms with Crippen LogP contribution < -0.4 is 15.0 Å². The maximum absolute atomic E-state index is 15.7. The molecule has 1 aliphatic carbocycles. The van der Waals surface area contributed by atoms with E-state index in [1.165, 1.54) is 12.1 Å². The molecule has 11 nitrogen and oxygen atoms in total. The van der Waals surface area contributed by atoms with E-state index in [2.05, 4.69) is 66.1 Å². The zero-order chi connectivity index (χ0) is 42.1. The number of benzene rings is 2. The van der Waals surface area contributed by atoms with E-state index in [0.717, 1.165) is 43.6 Å². The summed E-state index contributed by atoms with van der Waals surface area (Å²) in [5.41, 5.74) is 0.180. The summed E-state index contributed by atoms with van der Waals surface area (Å²) in [5, 5.41) is 25.1. The molecule has 0 radical (unpaired) electrons. The number of fused-ring (bicyclic) bond motifs is 3. The summed E-state index contributed by atoms with van der Waals surface area (Å²) in [4.78, 5) is 26.5. The summed E-state index contributed by atoms with van der Waals surface area (Å²) >= 11 is 8.37. The quantitative estimate of drug-likeness (QED) is 0.162. The Bertz CT molecular complexity index is 2380. The third kappa shape index (κ3) is 7.61. The van der Waals surface area contributed by atoms with Crippen molar-refractivity contribution in [3.05, 3.63) is 40.3 Å². The van der Waals surface area contributed by atoms with Gasteiger partial charge >= 0.3 is 12.1 Å². The van der Waals surface area contributed by atoms with Gasteiger partial charge in [-0.2, -0.15) is 15.5 Å². The second-order valence-electron chi connectivity index (χ2n) is 18.4. The topological polar surface area (TPSA) is 137 Å². The van der Waals surface area contributed by atoms with Crippen molar-refractivity contribution in [2.75, 3.05) is 37.0 Å². The monoisotopic (exact) mass is 849 g/mol. The van der Waals surface area contributed by atoms with Crippen LogP contribution in [0.15, 0.2) is 18.3 Å². The largest absolute Gasteiger partial charge is 0.461 e. The van der Waals surface area contributed by atoms with E-state index >= 15 is 4.39 Å². The average molecular weight is 851 g/mol. The molecule has 2 saturated heterocycles. The SMILES string of the molecule is CN(c1c(Cl)c(-c2ccc(F)c3sc(NC(=O)OC(C)(C)C)c(C#N)c23)c(C#N)c2nc(OC[C@@]34CCCN3C[C@H](F)C4)ncc12)C1CC(O[Si](C)(C)C(C)(C)C)C1. The summed E-state index contributed by atoms with van der Waals surface area (Å²) in [6.45, 7) is 17.6. The van der Waals surface area contributed by atoms with E-state index in [1.807, 2.05) is 7.05 Å². The van der Waals surface area contributed by atoms with Crippen molar-refractivity contribution in [2.45, 2.75) is 121 Å². The minimum atomic E-state index is -2.03. The number of ether oxygens (including phenoxy) is 2. The van der Waals surface area contributed by atoms with Crippen LogP contribution in [-0.2, 0) is 9.16 Å². The van der Waals surface area contributed by atoms with Gasteiger partial charge < -0.3 is 18.8 Å². The summed E-state index contributed by atoms with van der Waals surface area (Å²) in [6.07, 6.45) is 3.54. The molecular weight excluding hydrogens is 800 g/mol. The van der Waals surface area contributed by atoms with Crippen LogP contribution >= 0.6 is 22.9 Å². The maximum atomic E-state index is 15.7. The van der Waals surface area contributed by atoms with E-state index < -0.39 is 37.5 Å². The predicted octanol–water partition coefficient (Wildman–Crippen LogP) is 10.3. The highest BCUT2D eigenvalue weighted by molar-refractivity contribution is 7.23. The number of nitrogens with zero attached hydrogens (tertiary/aromatic N) is 6. The molecule has 0 spiro atoms. The van der Waals surface area contributed by atoms with Gasteiger partial charge in [0.2, 0.25) is 0 Å². The van der Waals surface area contributed by atoms with Crippen LogP contribution in [0.4, 0.5) is 24.3 Å². The number of halogens is 3. The highest BCUT2D eigenvalue weighted by atomic mass is 35.5. The number of carbonyl (C=O) groups excluding carboxylic acids is 1. The molecule has 2 aliphatic heterocycles. The van der Waals surface area contributed by atoms with Crippen molar-refractivity contribution in [3.63, 3.8) is 0 Å². The van der Waals surface area contributed by atoms with E-state index in [1.54, 1.807) is 27.0 Å². The Balaban J connectivity index is 1.36. The Morgan fingerprint density at radius 1 is 1.17 bits per heavy atom. The number of rotatable bonds is 9. The van der Waals surface area contributed by atoms with Crippen molar-refractivity contribution < 1.29 is 27.5 Å². The van der Waals surface area contributed by atoms with E-state index in [-0.39, 0.29) is 72.1 Å². The zero-order valence-electron chi connectivity index (χ0n) is 34.5. The second-order valence-corrected chi connectivity index (χ2v) is 24.5. The van der Waals surface area contributed by atoms with Crippen LogP contribution in [0, 0.1) is 28.5 Å². The van der Waals surface area contributed by atoms with Crippen LogP contribution in [0.5, 0.6) is 6.01 Å². The molecular formula is C42H50ClF2N7O4SSi. The lowest BCUT2D eigenvalue weighted by Crippen LogP contribution is -2.52. The number of nitrogens with one attached hydrogen (secondary N) is 1. The lowest BCUT2D eigenvalue weighted by molar-refractivity contribution is 0.0636. The number of alkyl halides is 1. The first-order chi connectivity index (χ1) is 27.2. The molecule has 0 unspecified atom stereocenters. The Kier molecular flexibility index (Phi) is 11.0. The van der Waals surface area contributed by atoms with Crippen molar-refractivity contribution in [3.8, 4) is 29.3 Å². The first-order valence-corrected chi connectivity index (χ1v) is 23.8. The Morgan fingerprint density at radius 2 is 1.88 bits per heavy atom. The molecule has 4 aromatic rings. The number of anilines is 2. The fourth-order valence-corrected chi connectivity index (χ4v) is 11.2. The van der Waals surface area contributed by atoms with Crippen LogP contribution in [0.3, 0.4) is 0 Å². The van der Waals surface area contributed by atoms with Gasteiger partial charge in [-0.15, -0.1) is 11.3 Å². The summed E-state index contributed by atoms with van der Waals surface area (Å²) in [7, 11) is -0.0925. The molecule has 58 heavy (non-hydrogen) atoms. The highest BCUT2D eigenvalue weighted by Gasteiger charge is 2.49. The van der Waals surface area contributed by atoms with Gasteiger partial charge in [0.25, 0.3) is 0 Å². The average Bonchev–Trinajstić information content (AvgIpc) is 3.77. The molecule has 3 fully saturated rings. The Hall–Kier alpha value is -4.12. The number of amides is 1. The van der Waals surface area contributed by atoms with Gasteiger partial charge in [-0.3, -0.25) is 10.2 Å². The molecule has 2 atom stereocenters. The zero-order valence-corrected chi connectivity index (χ0v) is 37.1. The first-order valence-electron chi connectivity index (χ1n) is 19.7. The molecule has 1 N–H and O–H groups in total. The minimum Gasteiger partial charge on any atom is -0.461 e. The lowest BCUT2D eigenvalue weighted by atomic mass is 9.87. The van der Waals surface area contributed by atoms with Gasteiger partial charge in [-0.25, -0.2) is 18.6 Å². The Morgan fingerprint density at radius 3 is 2.53 bits per heavy atom. The molecule has 7 rings (SSSR count). The van der Waals surface area contributed by atoms with E-state index in [9.17, 15) is 19.7 Å². The van der Waals surface area contributed by atoms with Crippen LogP contribution in [0.25, 0.3) is 32.1 Å². The second kappa shape index (κ2) is 15.2. The molecule has 3 aliphatic rings. The third-order valence-electron chi connectivity index (χ3n) is 12.3. The van der Waals surface area contributed by atoms with Gasteiger partial charge in [0.1, 0.15) is 41.3 Å². The van der Waals surface area contributed by atoms with Crippen molar-refractivity contribution in [1.29, 1.82) is 10.5 Å². The number of aromatic nitrogens is 2. The van der Waals surface area contributed by atoms with Crippen LogP contribution in [0.2, 0.25) is 23.2 Å². The maximum Gasteiger partial charge on any atom is 0.412 e. The smallest absolute Gasteiger partial charge is 0.412 e. The van der Waals surface area contributed by atoms with Crippen LogP contribution in [-0.4, -0.2) is 85.5 Å². The molecule has 1 saturated carbocycles.